The van der Waals surface area contributed by atoms with Crippen molar-refractivity contribution in [3.05, 3.63) is 35.4 Å². The fourth-order valence-electron chi connectivity index (χ4n) is 2.95. The maximum atomic E-state index is 8.97. The second-order valence-corrected chi connectivity index (χ2v) is 7.40. The van der Waals surface area contributed by atoms with Gasteiger partial charge in [-0.1, -0.05) is 45.0 Å². The van der Waals surface area contributed by atoms with Gasteiger partial charge in [0.05, 0.1) is 6.61 Å². The summed E-state index contributed by atoms with van der Waals surface area (Å²) in [6.45, 7) is 13.3. The Morgan fingerprint density at radius 2 is 1.43 bits per heavy atom. The Hall–Kier alpha value is -0.900. The topological polar surface area (TPSA) is 26.7 Å². The van der Waals surface area contributed by atoms with E-state index >= 15 is 0 Å². The van der Waals surface area contributed by atoms with E-state index < -0.39 is 0 Å². The van der Waals surface area contributed by atoms with Crippen LogP contribution in [-0.2, 0) is 13.0 Å². The molecule has 21 heavy (non-hydrogen) atoms. The first-order chi connectivity index (χ1) is 9.96. The zero-order valence-electron chi connectivity index (χ0n) is 13.8. The van der Waals surface area contributed by atoms with Crippen molar-refractivity contribution in [3.63, 3.8) is 0 Å². The summed E-state index contributed by atoms with van der Waals surface area (Å²) in [5.41, 5.74) is 3.19. The highest BCUT2D eigenvalue weighted by Crippen LogP contribution is 2.21. The number of aliphatic hydroxyl groups excluding tert-OH is 1. The maximum Gasteiger partial charge on any atom is 0.0558 e. The summed E-state index contributed by atoms with van der Waals surface area (Å²) < 4.78 is 0. The molecule has 0 radical (unpaired) electrons. The SMILES string of the molecule is CC(C)(C)Cc1ccc(CN2CCN(CCO)CC2)cc1. The van der Waals surface area contributed by atoms with Crippen molar-refractivity contribution in [1.82, 2.24) is 9.80 Å². The number of piperazine rings is 1. The van der Waals surface area contributed by atoms with Crippen LogP contribution in [0.2, 0.25) is 0 Å². The number of nitrogens with zero attached hydrogens (tertiary/aromatic N) is 2. The highest BCUT2D eigenvalue weighted by Gasteiger charge is 2.16. The standard InChI is InChI=1S/C18H30N2O/c1-18(2,3)14-16-4-6-17(7-5-16)15-20-10-8-19(9-11-20)12-13-21/h4-7,21H,8-15H2,1-3H3. The van der Waals surface area contributed by atoms with Crippen LogP contribution in [0.3, 0.4) is 0 Å². The van der Waals surface area contributed by atoms with Crippen molar-refractivity contribution < 1.29 is 5.11 Å². The molecule has 3 nitrogen and oxygen atoms in total. The first-order valence-corrected chi connectivity index (χ1v) is 8.10. The number of β-amino-alcohol motifs (C(OH)–C–C–N with tert-alkyl or cyclic N) is 1. The van der Waals surface area contributed by atoms with E-state index in [0.29, 0.717) is 5.41 Å². The van der Waals surface area contributed by atoms with Crippen LogP contribution in [0.25, 0.3) is 0 Å². The summed E-state index contributed by atoms with van der Waals surface area (Å²) in [5, 5.41) is 8.97. The molecule has 0 atom stereocenters. The monoisotopic (exact) mass is 290 g/mol. The molecular formula is C18H30N2O. The van der Waals surface area contributed by atoms with E-state index in [9.17, 15) is 0 Å². The normalized spacial score (nSPS) is 18.1. The first-order valence-electron chi connectivity index (χ1n) is 8.10. The lowest BCUT2D eigenvalue weighted by molar-refractivity contribution is 0.108. The van der Waals surface area contributed by atoms with E-state index in [1.807, 2.05) is 0 Å². The Morgan fingerprint density at radius 1 is 0.905 bits per heavy atom. The number of hydrogen-bond donors (Lipinski definition) is 1. The fraction of sp³-hybridized carbons (Fsp3) is 0.667. The molecule has 1 aromatic rings. The highest BCUT2D eigenvalue weighted by atomic mass is 16.3. The average molecular weight is 290 g/mol. The number of aliphatic hydroxyl groups is 1. The molecule has 1 N–H and O–H groups in total. The molecular weight excluding hydrogens is 260 g/mol. The van der Waals surface area contributed by atoms with Crippen LogP contribution >= 0.6 is 0 Å². The van der Waals surface area contributed by atoms with E-state index in [2.05, 4.69) is 54.8 Å². The van der Waals surface area contributed by atoms with Gasteiger partial charge in [-0.05, 0) is 23.0 Å². The van der Waals surface area contributed by atoms with Crippen molar-refractivity contribution in [3.8, 4) is 0 Å². The van der Waals surface area contributed by atoms with Gasteiger partial charge < -0.3 is 5.11 Å². The molecule has 0 aromatic heterocycles. The van der Waals surface area contributed by atoms with Crippen LogP contribution in [0, 0.1) is 5.41 Å². The molecule has 118 valence electrons. The molecule has 0 amide bonds. The van der Waals surface area contributed by atoms with Gasteiger partial charge in [0.1, 0.15) is 0 Å². The lowest BCUT2D eigenvalue weighted by atomic mass is 9.88. The summed E-state index contributed by atoms with van der Waals surface area (Å²) in [6.07, 6.45) is 1.13. The fourth-order valence-corrected chi connectivity index (χ4v) is 2.95. The van der Waals surface area contributed by atoms with Crippen LogP contribution in [0.5, 0.6) is 0 Å². The molecule has 2 rings (SSSR count). The van der Waals surface area contributed by atoms with E-state index in [4.69, 9.17) is 5.11 Å². The minimum absolute atomic E-state index is 0.273. The van der Waals surface area contributed by atoms with Crippen molar-refractivity contribution in [2.45, 2.75) is 33.7 Å². The van der Waals surface area contributed by atoms with Gasteiger partial charge in [0.15, 0.2) is 0 Å². The van der Waals surface area contributed by atoms with Gasteiger partial charge in [-0.25, -0.2) is 0 Å². The first kappa shape index (κ1) is 16.5. The third-order valence-corrected chi connectivity index (χ3v) is 4.04. The Bertz CT molecular complexity index is 414. The van der Waals surface area contributed by atoms with E-state index in [-0.39, 0.29) is 6.61 Å². The van der Waals surface area contributed by atoms with Crippen LogP contribution in [0.4, 0.5) is 0 Å². The molecule has 3 heteroatoms. The van der Waals surface area contributed by atoms with Gasteiger partial charge in [-0.15, -0.1) is 0 Å². The third kappa shape index (κ3) is 5.77. The average Bonchev–Trinajstić information content (AvgIpc) is 2.42. The Balaban J connectivity index is 1.81. The minimum atomic E-state index is 0.273. The van der Waals surface area contributed by atoms with Gasteiger partial charge in [0.25, 0.3) is 0 Å². The van der Waals surface area contributed by atoms with Crippen molar-refractivity contribution in [1.29, 1.82) is 0 Å². The molecule has 1 saturated heterocycles. The quantitative estimate of drug-likeness (QED) is 0.902. The summed E-state index contributed by atoms with van der Waals surface area (Å²) >= 11 is 0. The molecule has 1 aromatic carbocycles. The van der Waals surface area contributed by atoms with Crippen molar-refractivity contribution in [2.24, 2.45) is 5.41 Å². The van der Waals surface area contributed by atoms with Gasteiger partial charge >= 0.3 is 0 Å². The van der Waals surface area contributed by atoms with Crippen LogP contribution < -0.4 is 0 Å². The van der Waals surface area contributed by atoms with Gasteiger partial charge in [-0.3, -0.25) is 9.80 Å². The maximum absolute atomic E-state index is 8.97. The minimum Gasteiger partial charge on any atom is -0.395 e. The zero-order valence-corrected chi connectivity index (χ0v) is 13.8. The lowest BCUT2D eigenvalue weighted by Crippen LogP contribution is -2.46. The van der Waals surface area contributed by atoms with Crippen LogP contribution in [0.1, 0.15) is 31.9 Å². The van der Waals surface area contributed by atoms with Gasteiger partial charge in [0.2, 0.25) is 0 Å². The number of benzene rings is 1. The van der Waals surface area contributed by atoms with E-state index in [1.165, 1.54) is 11.1 Å². The lowest BCUT2D eigenvalue weighted by Gasteiger charge is -2.34. The molecule has 0 aliphatic carbocycles. The summed E-state index contributed by atoms with van der Waals surface area (Å²) in [6, 6.07) is 9.12. The predicted octanol–water partition coefficient (Wildman–Crippen LogP) is 2.39. The zero-order chi connectivity index (χ0) is 15.3. The molecule has 1 aliphatic heterocycles. The van der Waals surface area contributed by atoms with Crippen LogP contribution in [0.15, 0.2) is 24.3 Å². The summed E-state index contributed by atoms with van der Waals surface area (Å²) in [4.78, 5) is 4.84. The molecule has 1 fully saturated rings. The summed E-state index contributed by atoms with van der Waals surface area (Å²) in [7, 11) is 0. The summed E-state index contributed by atoms with van der Waals surface area (Å²) in [5.74, 6) is 0. The number of hydrogen-bond acceptors (Lipinski definition) is 3. The van der Waals surface area contributed by atoms with Crippen LogP contribution in [-0.4, -0.2) is 54.2 Å². The third-order valence-electron chi connectivity index (χ3n) is 4.04. The number of rotatable bonds is 5. The molecule has 1 heterocycles. The predicted molar refractivity (Wildman–Crippen MR) is 88.4 cm³/mol. The molecule has 0 unspecified atom stereocenters. The van der Waals surface area contributed by atoms with E-state index in [0.717, 1.165) is 45.7 Å². The second kappa shape index (κ2) is 7.39. The Kier molecular flexibility index (Phi) is 5.80. The second-order valence-electron chi connectivity index (χ2n) is 7.40. The molecule has 0 saturated carbocycles. The van der Waals surface area contributed by atoms with E-state index in [1.54, 1.807) is 0 Å². The van der Waals surface area contributed by atoms with Crippen molar-refractivity contribution in [2.75, 3.05) is 39.3 Å². The smallest absolute Gasteiger partial charge is 0.0558 e. The molecule has 0 spiro atoms. The highest BCUT2D eigenvalue weighted by molar-refractivity contribution is 5.23. The van der Waals surface area contributed by atoms with Gasteiger partial charge in [0, 0.05) is 39.3 Å². The Labute approximate surface area is 129 Å². The molecule has 1 aliphatic rings. The Morgan fingerprint density at radius 3 is 1.95 bits per heavy atom. The largest absolute Gasteiger partial charge is 0.395 e. The van der Waals surface area contributed by atoms with Crippen molar-refractivity contribution >= 4 is 0 Å². The van der Waals surface area contributed by atoms with Gasteiger partial charge in [-0.2, -0.15) is 0 Å². The molecule has 0 bridgehead atoms.